The predicted octanol–water partition coefficient (Wildman–Crippen LogP) is 2.88. The molecule has 0 bridgehead atoms. The fourth-order valence-corrected chi connectivity index (χ4v) is 2.05. The Bertz CT molecular complexity index is 699. The molecule has 0 unspecified atom stereocenters. The minimum atomic E-state index is -4.02. The van der Waals surface area contributed by atoms with Crippen molar-refractivity contribution in [3.05, 3.63) is 65.7 Å². The first-order valence-corrected chi connectivity index (χ1v) is 8.27. The highest BCUT2D eigenvalue weighted by atomic mass is 32.2. The summed E-state index contributed by atoms with van der Waals surface area (Å²) in [5.74, 6) is 0. The molecule has 0 saturated heterocycles. The van der Waals surface area contributed by atoms with E-state index in [2.05, 4.69) is 17.9 Å². The van der Waals surface area contributed by atoms with Crippen LogP contribution < -0.4 is 5.32 Å². The van der Waals surface area contributed by atoms with E-state index >= 15 is 0 Å². The van der Waals surface area contributed by atoms with E-state index in [1.807, 2.05) is 37.3 Å². The third-order valence-electron chi connectivity index (χ3n) is 2.62. The first-order valence-electron chi connectivity index (χ1n) is 6.38. The topological polar surface area (TPSA) is 90.2 Å². The standard InChI is InChI=1S/C8H10N2S.C7H8O3S/c9-8(11)10-6-7-4-2-1-3-5-7;1-6-2-4-7(5-3-6)11(8,9)10/h1-5H,6H2,(H3,9,10,11);2-5H,1H3,(H,8,9,10). The van der Waals surface area contributed by atoms with Gasteiger partial charge in [-0.2, -0.15) is 8.42 Å². The first kappa shape index (κ1) is 18.2. The molecular formula is C15H18N2O3S2. The van der Waals surface area contributed by atoms with Gasteiger partial charge in [-0.3, -0.25) is 9.96 Å². The van der Waals surface area contributed by atoms with Gasteiger partial charge in [-0.1, -0.05) is 48.0 Å². The van der Waals surface area contributed by atoms with E-state index in [0.29, 0.717) is 6.54 Å². The summed E-state index contributed by atoms with van der Waals surface area (Å²) < 4.78 is 29.6. The summed E-state index contributed by atoms with van der Waals surface area (Å²) in [4.78, 5) is -0.0666. The summed E-state index contributed by atoms with van der Waals surface area (Å²) in [5.41, 5.74) is 2.11. The smallest absolute Gasteiger partial charge is 0.294 e. The average molecular weight is 338 g/mol. The molecule has 0 saturated carbocycles. The van der Waals surface area contributed by atoms with Crippen LogP contribution in [-0.2, 0) is 16.7 Å². The van der Waals surface area contributed by atoms with Crippen LogP contribution in [0, 0.1) is 12.3 Å². The highest BCUT2D eigenvalue weighted by Crippen LogP contribution is 2.08. The molecule has 0 spiro atoms. The number of benzene rings is 2. The van der Waals surface area contributed by atoms with Crippen molar-refractivity contribution in [2.24, 2.45) is 0 Å². The summed E-state index contributed by atoms with van der Waals surface area (Å²) in [7, 11) is -4.02. The maximum atomic E-state index is 10.5. The number of amidine groups is 1. The van der Waals surface area contributed by atoms with Crippen molar-refractivity contribution in [1.29, 1.82) is 5.41 Å². The van der Waals surface area contributed by atoms with E-state index in [0.717, 1.165) is 11.1 Å². The van der Waals surface area contributed by atoms with E-state index in [4.69, 9.17) is 9.96 Å². The van der Waals surface area contributed by atoms with Crippen molar-refractivity contribution in [3.8, 4) is 0 Å². The summed E-state index contributed by atoms with van der Waals surface area (Å²) in [6.07, 6.45) is 0. The second-order valence-corrected chi connectivity index (χ2v) is 6.34. The lowest BCUT2D eigenvalue weighted by atomic mass is 10.2. The van der Waals surface area contributed by atoms with E-state index in [1.165, 1.54) is 12.1 Å². The number of aryl methyl sites for hydroxylation is 1. The average Bonchev–Trinajstić information content (AvgIpc) is 2.46. The number of thiol groups is 1. The molecule has 0 heterocycles. The van der Waals surface area contributed by atoms with Crippen molar-refractivity contribution in [1.82, 2.24) is 5.32 Å². The normalized spacial score (nSPS) is 10.3. The largest absolute Gasteiger partial charge is 0.361 e. The summed E-state index contributed by atoms with van der Waals surface area (Å²) in [6.45, 7) is 2.51. The summed E-state index contributed by atoms with van der Waals surface area (Å²) >= 11 is 3.80. The third-order valence-corrected chi connectivity index (χ3v) is 3.65. The van der Waals surface area contributed by atoms with Crippen LogP contribution >= 0.6 is 12.6 Å². The van der Waals surface area contributed by atoms with Crippen LogP contribution in [0.1, 0.15) is 11.1 Å². The molecule has 2 aromatic rings. The zero-order valence-corrected chi connectivity index (χ0v) is 13.7. The fraction of sp³-hybridized carbons (Fsp3) is 0.133. The molecule has 3 N–H and O–H groups in total. The van der Waals surface area contributed by atoms with Gasteiger partial charge in [0.05, 0.1) is 4.90 Å². The summed E-state index contributed by atoms with van der Waals surface area (Å²) in [5, 5.41) is 10.0. The lowest BCUT2D eigenvalue weighted by Gasteiger charge is -2.01. The van der Waals surface area contributed by atoms with Crippen molar-refractivity contribution < 1.29 is 13.0 Å². The Morgan fingerprint density at radius 1 is 1.14 bits per heavy atom. The number of nitrogens with one attached hydrogen (secondary N) is 2. The molecule has 0 fully saturated rings. The zero-order valence-electron chi connectivity index (χ0n) is 12.0. The van der Waals surface area contributed by atoms with E-state index in [-0.39, 0.29) is 10.1 Å². The molecule has 0 amide bonds. The lowest BCUT2D eigenvalue weighted by molar-refractivity contribution is 0.483. The Morgan fingerprint density at radius 3 is 2.14 bits per heavy atom. The third kappa shape index (κ3) is 7.26. The molecule has 0 aliphatic heterocycles. The van der Waals surface area contributed by atoms with Crippen LogP contribution in [0.5, 0.6) is 0 Å². The van der Waals surface area contributed by atoms with Crippen molar-refractivity contribution in [2.45, 2.75) is 18.4 Å². The quantitative estimate of drug-likeness (QED) is 0.300. The maximum absolute atomic E-state index is 10.5. The van der Waals surface area contributed by atoms with Crippen LogP contribution in [0.25, 0.3) is 0 Å². The van der Waals surface area contributed by atoms with Crippen molar-refractivity contribution in [3.63, 3.8) is 0 Å². The Kier molecular flexibility index (Phi) is 7.10. The monoisotopic (exact) mass is 338 g/mol. The van der Waals surface area contributed by atoms with E-state index in [9.17, 15) is 8.42 Å². The van der Waals surface area contributed by atoms with Gasteiger partial charge in [0.15, 0.2) is 5.17 Å². The van der Waals surface area contributed by atoms with Crippen molar-refractivity contribution >= 4 is 27.9 Å². The van der Waals surface area contributed by atoms with Gasteiger partial charge < -0.3 is 5.32 Å². The fourth-order valence-electron chi connectivity index (χ4n) is 1.49. The minimum absolute atomic E-state index is 0.0666. The van der Waals surface area contributed by atoms with Crippen molar-refractivity contribution in [2.75, 3.05) is 0 Å². The summed E-state index contributed by atoms with van der Waals surface area (Å²) in [6, 6.07) is 15.9. The van der Waals surface area contributed by atoms with Crippen LogP contribution in [0.3, 0.4) is 0 Å². The zero-order chi connectivity index (χ0) is 16.6. The van der Waals surface area contributed by atoms with Gasteiger partial charge in [0, 0.05) is 6.54 Å². The molecule has 7 heteroatoms. The molecule has 118 valence electrons. The van der Waals surface area contributed by atoms with Crippen LogP contribution in [0.15, 0.2) is 59.5 Å². The molecule has 0 aromatic heterocycles. The second kappa shape index (κ2) is 8.57. The minimum Gasteiger partial charge on any atom is -0.361 e. The highest BCUT2D eigenvalue weighted by Gasteiger charge is 2.06. The Morgan fingerprint density at radius 2 is 1.68 bits per heavy atom. The van der Waals surface area contributed by atoms with Crippen LogP contribution in [0.2, 0.25) is 0 Å². The van der Waals surface area contributed by atoms with Crippen LogP contribution in [-0.4, -0.2) is 18.1 Å². The molecule has 5 nitrogen and oxygen atoms in total. The van der Waals surface area contributed by atoms with Gasteiger partial charge in [-0.15, -0.1) is 12.6 Å². The number of rotatable bonds is 3. The Balaban J connectivity index is 0.000000220. The first-order chi connectivity index (χ1) is 10.3. The van der Waals surface area contributed by atoms with Gasteiger partial charge in [0.1, 0.15) is 0 Å². The molecule has 22 heavy (non-hydrogen) atoms. The van der Waals surface area contributed by atoms with Gasteiger partial charge in [0.25, 0.3) is 10.1 Å². The van der Waals surface area contributed by atoms with Crippen LogP contribution in [0.4, 0.5) is 0 Å². The molecule has 2 aromatic carbocycles. The molecule has 0 aliphatic rings. The second-order valence-electron chi connectivity index (χ2n) is 4.48. The Hall–Kier alpha value is -1.83. The van der Waals surface area contributed by atoms with Gasteiger partial charge in [-0.05, 0) is 24.6 Å². The molecule has 0 atom stereocenters. The van der Waals surface area contributed by atoms with Gasteiger partial charge in [0.2, 0.25) is 0 Å². The SMILES string of the molecule is Cc1ccc(S(=O)(=O)O)cc1.N=C(S)NCc1ccccc1. The molecule has 2 rings (SSSR count). The molecule has 0 aliphatic carbocycles. The highest BCUT2D eigenvalue weighted by molar-refractivity contribution is 7.96. The number of hydrogen-bond acceptors (Lipinski definition) is 3. The maximum Gasteiger partial charge on any atom is 0.294 e. The van der Waals surface area contributed by atoms with E-state index in [1.54, 1.807) is 12.1 Å². The predicted molar refractivity (Wildman–Crippen MR) is 91.0 cm³/mol. The molecule has 0 radical (unpaired) electrons. The lowest BCUT2D eigenvalue weighted by Crippen LogP contribution is -2.15. The molecular weight excluding hydrogens is 320 g/mol. The van der Waals surface area contributed by atoms with E-state index < -0.39 is 10.1 Å². The Labute approximate surface area is 136 Å². The van der Waals surface area contributed by atoms with Gasteiger partial charge >= 0.3 is 0 Å². The number of hydrogen-bond donors (Lipinski definition) is 4. The van der Waals surface area contributed by atoms with Gasteiger partial charge in [-0.25, -0.2) is 0 Å².